The first-order valence-corrected chi connectivity index (χ1v) is 3.68. The molecule has 1 aliphatic heterocycles. The number of aliphatic hydroxyl groups excluding tert-OH is 1. The van der Waals surface area contributed by atoms with Gasteiger partial charge in [0.15, 0.2) is 5.76 Å². The zero-order chi connectivity index (χ0) is 10.7. The van der Waals surface area contributed by atoms with E-state index in [4.69, 9.17) is 9.84 Å². The van der Waals surface area contributed by atoms with E-state index in [0.29, 0.717) is 0 Å². The molecule has 1 amide bonds. The van der Waals surface area contributed by atoms with Gasteiger partial charge in [0.25, 0.3) is 5.91 Å². The number of nitrogens with one attached hydrogen (secondary N) is 1. The third-order valence-electron chi connectivity index (χ3n) is 1.59. The molecule has 76 valence electrons. The fourth-order valence-corrected chi connectivity index (χ4v) is 0.954. The summed E-state index contributed by atoms with van der Waals surface area (Å²) >= 11 is 0. The molecule has 0 atom stereocenters. The number of methoxy groups -OCH3 is 2. The number of amides is 1. The number of hydrogen-bond acceptors (Lipinski definition) is 5. The van der Waals surface area contributed by atoms with Crippen LogP contribution in [-0.4, -0.2) is 31.2 Å². The Kier molecular flexibility index (Phi) is 2.76. The van der Waals surface area contributed by atoms with Gasteiger partial charge in [-0.25, -0.2) is 4.79 Å². The maximum atomic E-state index is 10.9. The summed E-state index contributed by atoms with van der Waals surface area (Å²) in [4.78, 5) is 21.8. The highest BCUT2D eigenvalue weighted by Crippen LogP contribution is 2.18. The molecule has 0 saturated heterocycles. The highest BCUT2D eigenvalue weighted by atomic mass is 16.5. The third-order valence-corrected chi connectivity index (χ3v) is 1.59. The molecule has 6 heteroatoms. The summed E-state index contributed by atoms with van der Waals surface area (Å²) in [6.45, 7) is 0. The van der Waals surface area contributed by atoms with Crippen molar-refractivity contribution < 1.29 is 24.2 Å². The molecule has 1 heterocycles. The summed E-state index contributed by atoms with van der Waals surface area (Å²) in [5, 5.41) is 11.4. The van der Waals surface area contributed by atoms with Crippen molar-refractivity contribution in [3.8, 4) is 0 Å². The van der Waals surface area contributed by atoms with E-state index in [1.54, 1.807) is 0 Å². The van der Waals surface area contributed by atoms with Gasteiger partial charge in [0.05, 0.1) is 26.0 Å². The monoisotopic (exact) mass is 199 g/mol. The zero-order valence-corrected chi connectivity index (χ0v) is 7.66. The maximum absolute atomic E-state index is 10.9. The quantitative estimate of drug-likeness (QED) is 0.466. The lowest BCUT2D eigenvalue weighted by molar-refractivity contribution is -0.134. The summed E-state index contributed by atoms with van der Waals surface area (Å²) in [6, 6.07) is 0. The Hall–Kier alpha value is -1.98. The van der Waals surface area contributed by atoms with Crippen LogP contribution in [0, 0.1) is 0 Å². The van der Waals surface area contributed by atoms with Crippen molar-refractivity contribution in [1.29, 1.82) is 0 Å². The van der Waals surface area contributed by atoms with E-state index in [2.05, 4.69) is 10.1 Å². The Morgan fingerprint density at radius 2 is 2.14 bits per heavy atom. The Labute approximate surface area is 79.8 Å². The number of hydrogen-bond donors (Lipinski definition) is 2. The van der Waals surface area contributed by atoms with Crippen LogP contribution in [0.4, 0.5) is 0 Å². The topological polar surface area (TPSA) is 84.9 Å². The van der Waals surface area contributed by atoms with Crippen LogP contribution < -0.4 is 5.32 Å². The fourth-order valence-electron chi connectivity index (χ4n) is 0.954. The van der Waals surface area contributed by atoms with E-state index in [1.165, 1.54) is 14.2 Å². The molecule has 0 aromatic rings. The zero-order valence-electron chi connectivity index (χ0n) is 7.66. The van der Waals surface area contributed by atoms with E-state index in [-0.39, 0.29) is 11.5 Å². The number of carbonyl (C=O) groups excluding carboxylic acids is 2. The Bertz CT molecular complexity index is 342. The van der Waals surface area contributed by atoms with Gasteiger partial charge in [0.1, 0.15) is 0 Å². The maximum Gasteiger partial charge on any atom is 0.332 e. The van der Waals surface area contributed by atoms with E-state index in [0.717, 1.165) is 6.08 Å². The van der Waals surface area contributed by atoms with Crippen molar-refractivity contribution in [2.24, 2.45) is 0 Å². The van der Waals surface area contributed by atoms with Gasteiger partial charge >= 0.3 is 5.97 Å². The van der Waals surface area contributed by atoms with Crippen LogP contribution in [0.3, 0.4) is 0 Å². The molecular formula is C8H9NO5. The highest BCUT2D eigenvalue weighted by molar-refractivity contribution is 5.99. The van der Waals surface area contributed by atoms with Crippen molar-refractivity contribution >= 4 is 11.9 Å². The molecule has 0 aliphatic carbocycles. The lowest BCUT2D eigenvalue weighted by Gasteiger charge is -2.01. The number of rotatable bonds is 2. The second-order valence-corrected chi connectivity index (χ2v) is 2.42. The summed E-state index contributed by atoms with van der Waals surface area (Å²) < 4.78 is 9.07. The van der Waals surface area contributed by atoms with Gasteiger partial charge in [-0.3, -0.25) is 4.79 Å². The molecule has 0 unspecified atom stereocenters. The van der Waals surface area contributed by atoms with Crippen molar-refractivity contribution in [2.45, 2.75) is 0 Å². The van der Waals surface area contributed by atoms with E-state index < -0.39 is 17.6 Å². The molecule has 0 aromatic carbocycles. The Morgan fingerprint density at radius 1 is 1.50 bits per heavy atom. The largest absolute Gasteiger partial charge is 0.500 e. The second-order valence-electron chi connectivity index (χ2n) is 2.42. The fraction of sp³-hybridized carbons (Fsp3) is 0.250. The van der Waals surface area contributed by atoms with Crippen molar-refractivity contribution in [3.05, 3.63) is 23.3 Å². The van der Waals surface area contributed by atoms with Crippen LogP contribution in [0.15, 0.2) is 23.3 Å². The predicted octanol–water partition coefficient (Wildman–Crippen LogP) is -0.411. The van der Waals surface area contributed by atoms with Gasteiger partial charge in [-0.1, -0.05) is 0 Å². The Balaban J connectivity index is 3.00. The van der Waals surface area contributed by atoms with Crippen LogP contribution in [0.5, 0.6) is 0 Å². The summed E-state index contributed by atoms with van der Waals surface area (Å²) in [5.41, 5.74) is 0.0850. The number of carbonyl (C=O) groups is 2. The number of aliphatic hydroxyl groups is 1. The van der Waals surface area contributed by atoms with Crippen LogP contribution in [-0.2, 0) is 19.1 Å². The molecule has 0 fully saturated rings. The molecule has 6 nitrogen and oxygen atoms in total. The van der Waals surface area contributed by atoms with Crippen molar-refractivity contribution in [1.82, 2.24) is 5.32 Å². The van der Waals surface area contributed by atoms with Crippen molar-refractivity contribution in [2.75, 3.05) is 14.2 Å². The number of esters is 1. The van der Waals surface area contributed by atoms with E-state index in [1.807, 2.05) is 0 Å². The summed E-state index contributed by atoms with van der Waals surface area (Å²) in [5.74, 6) is -1.98. The highest BCUT2D eigenvalue weighted by Gasteiger charge is 2.28. The normalized spacial score (nSPS) is 18.4. The third kappa shape index (κ3) is 1.68. The minimum atomic E-state index is -0.711. The van der Waals surface area contributed by atoms with E-state index >= 15 is 0 Å². The first-order chi connectivity index (χ1) is 6.60. The Morgan fingerprint density at radius 3 is 2.64 bits per heavy atom. The molecule has 0 spiro atoms. The lowest BCUT2D eigenvalue weighted by Crippen LogP contribution is -2.17. The van der Waals surface area contributed by atoms with Crippen LogP contribution in [0.25, 0.3) is 0 Å². The molecule has 1 aliphatic rings. The predicted molar refractivity (Wildman–Crippen MR) is 44.9 cm³/mol. The molecule has 0 saturated carbocycles. The first kappa shape index (κ1) is 10.1. The van der Waals surface area contributed by atoms with E-state index in [9.17, 15) is 9.59 Å². The second kappa shape index (κ2) is 3.82. The molecular weight excluding hydrogens is 190 g/mol. The summed E-state index contributed by atoms with van der Waals surface area (Å²) in [7, 11) is 2.48. The SMILES string of the molecule is COC(=O)/C=C1\NC(=O)C(O)=C1OC. The van der Waals surface area contributed by atoms with Gasteiger partial charge in [0.2, 0.25) is 5.76 Å². The van der Waals surface area contributed by atoms with Gasteiger partial charge in [-0.2, -0.15) is 0 Å². The molecule has 0 radical (unpaired) electrons. The first-order valence-electron chi connectivity index (χ1n) is 3.68. The number of ether oxygens (including phenoxy) is 2. The van der Waals surface area contributed by atoms with Gasteiger partial charge in [-0.05, 0) is 0 Å². The molecule has 0 bridgehead atoms. The average Bonchev–Trinajstić information content (AvgIpc) is 2.42. The lowest BCUT2D eigenvalue weighted by atomic mass is 10.3. The molecule has 1 rings (SSSR count). The standard InChI is InChI=1S/C8H9NO5/c1-13-5(10)3-4-7(14-2)6(11)8(12)9-4/h3,11H,1-2H3,(H,9,12)/b4-3-. The van der Waals surface area contributed by atoms with Crippen molar-refractivity contribution in [3.63, 3.8) is 0 Å². The summed E-state index contributed by atoms with van der Waals surface area (Å²) in [6.07, 6.45) is 1.01. The van der Waals surface area contributed by atoms with Gasteiger partial charge in [-0.15, -0.1) is 0 Å². The minimum absolute atomic E-state index is 0.0691. The van der Waals surface area contributed by atoms with Gasteiger partial charge in [0, 0.05) is 0 Å². The van der Waals surface area contributed by atoms with Crippen LogP contribution >= 0.6 is 0 Å². The smallest absolute Gasteiger partial charge is 0.332 e. The molecule has 2 N–H and O–H groups in total. The average molecular weight is 199 g/mol. The van der Waals surface area contributed by atoms with Crippen LogP contribution in [0.1, 0.15) is 0 Å². The van der Waals surface area contributed by atoms with Gasteiger partial charge < -0.3 is 19.9 Å². The van der Waals surface area contributed by atoms with Crippen LogP contribution in [0.2, 0.25) is 0 Å². The minimum Gasteiger partial charge on any atom is -0.500 e. The molecule has 0 aromatic heterocycles. The molecule has 14 heavy (non-hydrogen) atoms.